The van der Waals surface area contributed by atoms with Crippen LogP contribution in [0.25, 0.3) is 0 Å². The van der Waals surface area contributed by atoms with Gasteiger partial charge >= 0.3 is 36.1 Å². The van der Waals surface area contributed by atoms with Crippen molar-refractivity contribution in [3.8, 4) is 5.75 Å². The molecule has 0 atom stereocenters. The Morgan fingerprint density at radius 2 is 1.40 bits per heavy atom. The number of benzene rings is 1. The fraction of sp³-hybridized carbons (Fsp3) is 0.471. The third-order valence-corrected chi connectivity index (χ3v) is 3.59. The zero-order valence-corrected chi connectivity index (χ0v) is 15.1. The van der Waals surface area contributed by atoms with Gasteiger partial charge in [-0.1, -0.05) is 0 Å². The lowest BCUT2D eigenvalue weighted by Crippen LogP contribution is -2.59. The Morgan fingerprint density at radius 1 is 0.900 bits per heavy atom. The summed E-state index contributed by atoms with van der Waals surface area (Å²) in [5, 5.41) is 0. The second-order valence-corrected chi connectivity index (χ2v) is 5.92. The zero-order valence-electron chi connectivity index (χ0n) is 15.1. The molecule has 13 heteroatoms. The number of ketones is 1. The van der Waals surface area contributed by atoms with E-state index in [0.29, 0.717) is 5.56 Å². The molecule has 0 aliphatic rings. The van der Waals surface area contributed by atoms with E-state index in [0.717, 1.165) is 0 Å². The molecule has 1 aromatic rings. The predicted octanol–water partition coefficient (Wildman–Crippen LogP) is 4.29. The maximum absolute atomic E-state index is 13.2. The summed E-state index contributed by atoms with van der Waals surface area (Å²) in [6, 6.07) is 5.16. The Hall–Kier alpha value is -2.73. The molecule has 5 nitrogen and oxygen atoms in total. The van der Waals surface area contributed by atoms with Crippen molar-refractivity contribution in [1.82, 2.24) is 0 Å². The summed E-state index contributed by atoms with van der Waals surface area (Å²) >= 11 is 0. The third-order valence-electron chi connectivity index (χ3n) is 3.59. The number of ether oxygens (including phenoxy) is 2. The quantitative estimate of drug-likeness (QED) is 0.230. The summed E-state index contributed by atoms with van der Waals surface area (Å²) in [6.07, 6.45) is -6.80. The van der Waals surface area contributed by atoms with Crippen LogP contribution in [0.1, 0.15) is 30.1 Å². The largest absolute Gasteiger partial charge is 0.459 e. The summed E-state index contributed by atoms with van der Waals surface area (Å²) < 4.78 is 110. The van der Waals surface area contributed by atoms with E-state index in [1.54, 1.807) is 0 Å². The van der Waals surface area contributed by atoms with Crippen molar-refractivity contribution in [1.29, 1.82) is 0 Å². The molecule has 0 N–H and O–H groups in total. The van der Waals surface area contributed by atoms with Crippen LogP contribution >= 0.6 is 0 Å². The van der Waals surface area contributed by atoms with Crippen molar-refractivity contribution in [3.63, 3.8) is 0 Å². The van der Waals surface area contributed by atoms with E-state index >= 15 is 0 Å². The standard InChI is InChI=1S/C17H14F8O5/c1-9(26)10-2-4-11(5-3-10)30-13(28)7-6-12(27)29-8-15(20,21)17(24,25)16(22,23)14(18)19/h2-5,14H,6-8H2,1H3. The molecule has 0 aliphatic heterocycles. The van der Waals surface area contributed by atoms with Gasteiger partial charge in [-0.05, 0) is 31.2 Å². The van der Waals surface area contributed by atoms with E-state index in [1.165, 1.54) is 31.2 Å². The molecule has 30 heavy (non-hydrogen) atoms. The van der Waals surface area contributed by atoms with Gasteiger partial charge in [0.05, 0.1) is 12.8 Å². The highest BCUT2D eigenvalue weighted by Gasteiger charge is 2.75. The molecule has 0 saturated carbocycles. The van der Waals surface area contributed by atoms with Crippen molar-refractivity contribution < 1.29 is 59.0 Å². The third kappa shape index (κ3) is 5.89. The number of rotatable bonds is 10. The van der Waals surface area contributed by atoms with Gasteiger partial charge in [0.1, 0.15) is 5.75 Å². The molecule has 0 bridgehead atoms. The number of hydrogen-bond acceptors (Lipinski definition) is 5. The van der Waals surface area contributed by atoms with Crippen molar-refractivity contribution in [2.75, 3.05) is 6.61 Å². The van der Waals surface area contributed by atoms with Gasteiger partial charge in [-0.2, -0.15) is 26.3 Å². The number of carbonyl (C=O) groups excluding carboxylic acids is 3. The molecule has 0 spiro atoms. The van der Waals surface area contributed by atoms with Crippen LogP contribution in [0.2, 0.25) is 0 Å². The smallest absolute Gasteiger partial charge is 0.381 e. The molecular weight excluding hydrogens is 436 g/mol. The lowest BCUT2D eigenvalue weighted by Gasteiger charge is -2.31. The Balaban J connectivity index is 2.56. The molecule has 0 radical (unpaired) electrons. The van der Waals surface area contributed by atoms with Gasteiger partial charge < -0.3 is 9.47 Å². The molecule has 0 saturated heterocycles. The second-order valence-electron chi connectivity index (χ2n) is 5.92. The fourth-order valence-corrected chi connectivity index (χ4v) is 1.86. The van der Waals surface area contributed by atoms with Gasteiger partial charge in [0.25, 0.3) is 0 Å². The van der Waals surface area contributed by atoms with E-state index in [1.807, 2.05) is 0 Å². The summed E-state index contributed by atoms with van der Waals surface area (Å²) in [5.41, 5.74) is 0.313. The summed E-state index contributed by atoms with van der Waals surface area (Å²) in [4.78, 5) is 34.0. The minimum absolute atomic E-state index is 0.0289. The lowest BCUT2D eigenvalue weighted by atomic mass is 10.1. The van der Waals surface area contributed by atoms with Gasteiger partial charge in [-0.15, -0.1) is 0 Å². The van der Waals surface area contributed by atoms with Crippen molar-refractivity contribution in [2.45, 2.75) is 44.0 Å². The van der Waals surface area contributed by atoms with Crippen molar-refractivity contribution in [2.24, 2.45) is 0 Å². The summed E-state index contributed by atoms with van der Waals surface area (Å²) in [5.74, 6) is -21.7. The highest BCUT2D eigenvalue weighted by molar-refractivity contribution is 5.94. The number of hydrogen-bond donors (Lipinski definition) is 0. The molecule has 1 rings (SSSR count). The zero-order chi connectivity index (χ0) is 23.3. The normalized spacial score (nSPS) is 12.6. The van der Waals surface area contributed by atoms with Crippen LogP contribution in [0.5, 0.6) is 5.75 Å². The molecular formula is C17H14F8O5. The minimum Gasteiger partial charge on any atom is -0.459 e. The first-order chi connectivity index (χ1) is 13.6. The Bertz CT molecular complexity index is 777. The molecule has 0 amide bonds. The Kier molecular flexibility index (Phi) is 7.92. The molecule has 168 valence electrons. The monoisotopic (exact) mass is 450 g/mol. The van der Waals surface area contributed by atoms with E-state index in [-0.39, 0.29) is 11.5 Å². The predicted molar refractivity (Wildman–Crippen MR) is 83.1 cm³/mol. The first-order valence-corrected chi connectivity index (χ1v) is 8.00. The van der Waals surface area contributed by atoms with Crippen LogP contribution in [0.4, 0.5) is 35.1 Å². The van der Waals surface area contributed by atoms with Crippen LogP contribution in [0.15, 0.2) is 24.3 Å². The van der Waals surface area contributed by atoms with Gasteiger partial charge in [-0.3, -0.25) is 14.4 Å². The van der Waals surface area contributed by atoms with Crippen LogP contribution in [-0.4, -0.2) is 48.5 Å². The minimum atomic E-state index is -6.50. The summed E-state index contributed by atoms with van der Waals surface area (Å²) in [6.45, 7) is -1.32. The lowest BCUT2D eigenvalue weighted by molar-refractivity contribution is -0.344. The second kappa shape index (κ2) is 9.39. The van der Waals surface area contributed by atoms with Crippen LogP contribution in [0, 0.1) is 0 Å². The number of esters is 2. The van der Waals surface area contributed by atoms with Crippen LogP contribution in [-0.2, 0) is 14.3 Å². The first kappa shape index (κ1) is 25.3. The molecule has 0 fully saturated rings. The van der Waals surface area contributed by atoms with Crippen molar-refractivity contribution in [3.05, 3.63) is 29.8 Å². The Labute approximate surface area is 163 Å². The maximum atomic E-state index is 13.2. The van der Waals surface area contributed by atoms with E-state index in [4.69, 9.17) is 4.74 Å². The van der Waals surface area contributed by atoms with E-state index < -0.39 is 55.6 Å². The number of carbonyl (C=O) groups is 3. The molecule has 0 unspecified atom stereocenters. The molecule has 0 aliphatic carbocycles. The van der Waals surface area contributed by atoms with Gasteiger partial charge in [-0.25, -0.2) is 8.78 Å². The number of halogens is 8. The van der Waals surface area contributed by atoms with Crippen LogP contribution in [0.3, 0.4) is 0 Å². The number of alkyl halides is 8. The van der Waals surface area contributed by atoms with Gasteiger partial charge in [0.15, 0.2) is 12.4 Å². The maximum Gasteiger partial charge on any atom is 0.381 e. The fourth-order valence-electron chi connectivity index (χ4n) is 1.86. The SMILES string of the molecule is CC(=O)c1ccc(OC(=O)CCC(=O)OCC(F)(F)C(F)(F)C(F)(F)C(F)F)cc1. The summed E-state index contributed by atoms with van der Waals surface area (Å²) in [7, 11) is 0. The highest BCUT2D eigenvalue weighted by atomic mass is 19.4. The average molecular weight is 450 g/mol. The van der Waals surface area contributed by atoms with Gasteiger partial charge in [0.2, 0.25) is 0 Å². The first-order valence-electron chi connectivity index (χ1n) is 8.00. The topological polar surface area (TPSA) is 69.7 Å². The van der Waals surface area contributed by atoms with E-state index in [2.05, 4.69) is 4.74 Å². The highest BCUT2D eigenvalue weighted by Crippen LogP contribution is 2.48. The number of Topliss-reactive ketones (excluding diaryl/α,β-unsaturated/α-hetero) is 1. The molecule has 0 aromatic heterocycles. The van der Waals surface area contributed by atoms with Crippen molar-refractivity contribution >= 4 is 17.7 Å². The molecule has 0 heterocycles. The molecule has 1 aromatic carbocycles. The Morgan fingerprint density at radius 3 is 1.87 bits per heavy atom. The van der Waals surface area contributed by atoms with Crippen LogP contribution < -0.4 is 4.74 Å². The average Bonchev–Trinajstić information content (AvgIpc) is 2.64. The van der Waals surface area contributed by atoms with E-state index in [9.17, 15) is 49.5 Å². The van der Waals surface area contributed by atoms with Gasteiger partial charge in [0, 0.05) is 5.56 Å².